The molecule has 0 heterocycles. The number of carbonyl (C=O) groups is 1. The van der Waals surface area contributed by atoms with Crippen LogP contribution in [0.25, 0.3) is 0 Å². The number of rotatable bonds is 3. The maximum Gasteiger partial charge on any atom is 0.271 e. The van der Waals surface area contributed by atoms with Crippen LogP contribution in [0.5, 0.6) is 0 Å². The maximum atomic E-state index is 12.0. The zero-order valence-corrected chi connectivity index (χ0v) is 10.9. The Kier molecular flexibility index (Phi) is 4.01. The average Bonchev–Trinajstić information content (AvgIpc) is 2.78. The maximum absolute atomic E-state index is 12.0. The second kappa shape index (κ2) is 5.54. The number of nitrogens with two attached hydrogens (primary N) is 1. The molecule has 0 aromatic heterocycles. The Hall–Kier alpha value is -1.66. The first-order valence-corrected chi connectivity index (χ1v) is 6.35. The molecule has 1 aliphatic rings. The van der Waals surface area contributed by atoms with Crippen LogP contribution in [0.15, 0.2) is 18.2 Å². The Balaban J connectivity index is 2.12. The van der Waals surface area contributed by atoms with E-state index in [4.69, 9.17) is 17.3 Å². The van der Waals surface area contributed by atoms with Crippen molar-refractivity contribution in [1.29, 1.82) is 0 Å². The zero-order valence-electron chi connectivity index (χ0n) is 10.1. The SMILES string of the molecule is NC1CCC(C(=O)Nc2cc([N+](=O)[O-])ccc2Cl)C1. The van der Waals surface area contributed by atoms with Gasteiger partial charge >= 0.3 is 0 Å². The molecule has 0 radical (unpaired) electrons. The molecule has 19 heavy (non-hydrogen) atoms. The molecule has 2 atom stereocenters. The number of carbonyl (C=O) groups excluding carboxylic acids is 1. The van der Waals surface area contributed by atoms with E-state index in [1.807, 2.05) is 0 Å². The molecule has 0 bridgehead atoms. The summed E-state index contributed by atoms with van der Waals surface area (Å²) in [7, 11) is 0. The van der Waals surface area contributed by atoms with E-state index in [9.17, 15) is 14.9 Å². The first kappa shape index (κ1) is 13.8. The molecule has 0 spiro atoms. The third-order valence-electron chi connectivity index (χ3n) is 3.26. The van der Waals surface area contributed by atoms with E-state index >= 15 is 0 Å². The van der Waals surface area contributed by atoms with Crippen molar-refractivity contribution in [2.45, 2.75) is 25.3 Å². The van der Waals surface area contributed by atoms with Crippen LogP contribution in [0.4, 0.5) is 11.4 Å². The summed E-state index contributed by atoms with van der Waals surface area (Å²) in [6.07, 6.45) is 2.19. The summed E-state index contributed by atoms with van der Waals surface area (Å²) in [4.78, 5) is 22.2. The van der Waals surface area contributed by atoms with Gasteiger partial charge in [0.15, 0.2) is 0 Å². The summed E-state index contributed by atoms with van der Waals surface area (Å²) in [5.74, 6) is -0.333. The Morgan fingerprint density at radius 1 is 1.47 bits per heavy atom. The van der Waals surface area contributed by atoms with E-state index in [-0.39, 0.29) is 34.3 Å². The number of amides is 1. The molecule has 6 nitrogen and oxygen atoms in total. The molecule has 1 saturated carbocycles. The van der Waals surface area contributed by atoms with Gasteiger partial charge in [-0.2, -0.15) is 0 Å². The van der Waals surface area contributed by atoms with E-state index in [2.05, 4.69) is 5.32 Å². The van der Waals surface area contributed by atoms with Gasteiger partial charge in [0, 0.05) is 24.1 Å². The zero-order chi connectivity index (χ0) is 14.0. The minimum absolute atomic E-state index is 0.0522. The highest BCUT2D eigenvalue weighted by Gasteiger charge is 2.28. The van der Waals surface area contributed by atoms with Gasteiger partial charge in [-0.15, -0.1) is 0 Å². The number of anilines is 1. The lowest BCUT2D eigenvalue weighted by molar-refractivity contribution is -0.384. The third kappa shape index (κ3) is 3.21. The van der Waals surface area contributed by atoms with Crippen LogP contribution < -0.4 is 11.1 Å². The number of nitro groups is 1. The van der Waals surface area contributed by atoms with Gasteiger partial charge in [0.25, 0.3) is 5.69 Å². The fourth-order valence-electron chi connectivity index (χ4n) is 2.21. The second-order valence-corrected chi connectivity index (χ2v) is 5.09. The first-order chi connectivity index (χ1) is 8.97. The highest BCUT2D eigenvalue weighted by molar-refractivity contribution is 6.33. The Labute approximate surface area is 115 Å². The number of nitrogens with zero attached hydrogens (tertiary/aromatic N) is 1. The molecule has 3 N–H and O–H groups in total. The molecule has 2 unspecified atom stereocenters. The number of non-ortho nitro benzene ring substituents is 1. The van der Waals surface area contributed by atoms with Crippen molar-refractivity contribution in [3.8, 4) is 0 Å². The van der Waals surface area contributed by atoms with E-state index < -0.39 is 4.92 Å². The fraction of sp³-hybridized carbons (Fsp3) is 0.417. The van der Waals surface area contributed by atoms with Crippen LogP contribution in [0.1, 0.15) is 19.3 Å². The molecule has 102 valence electrons. The molecule has 7 heteroatoms. The fourth-order valence-corrected chi connectivity index (χ4v) is 2.38. The Morgan fingerprint density at radius 2 is 2.21 bits per heavy atom. The van der Waals surface area contributed by atoms with Crippen LogP contribution >= 0.6 is 11.6 Å². The first-order valence-electron chi connectivity index (χ1n) is 5.97. The van der Waals surface area contributed by atoms with Crippen LogP contribution in [0.2, 0.25) is 5.02 Å². The van der Waals surface area contributed by atoms with Crippen molar-refractivity contribution in [2.75, 3.05) is 5.32 Å². The van der Waals surface area contributed by atoms with E-state index in [0.29, 0.717) is 6.42 Å². The summed E-state index contributed by atoms with van der Waals surface area (Å²) in [5.41, 5.74) is 5.91. The molecule has 1 amide bonds. The molecule has 1 aromatic carbocycles. The van der Waals surface area contributed by atoms with Crippen LogP contribution in [-0.4, -0.2) is 16.9 Å². The van der Waals surface area contributed by atoms with E-state index in [1.165, 1.54) is 18.2 Å². The van der Waals surface area contributed by atoms with Gasteiger partial charge in [0.05, 0.1) is 15.6 Å². The quantitative estimate of drug-likeness (QED) is 0.657. The number of halogens is 1. The van der Waals surface area contributed by atoms with Gasteiger partial charge in [-0.1, -0.05) is 11.6 Å². The molecule has 0 aliphatic heterocycles. The van der Waals surface area contributed by atoms with E-state index in [1.54, 1.807) is 0 Å². The largest absolute Gasteiger partial charge is 0.328 e. The minimum atomic E-state index is -0.530. The van der Waals surface area contributed by atoms with Crippen molar-refractivity contribution in [2.24, 2.45) is 11.7 Å². The van der Waals surface area contributed by atoms with Gasteiger partial charge in [-0.25, -0.2) is 0 Å². The lowest BCUT2D eigenvalue weighted by atomic mass is 10.1. The molecular weight excluding hydrogens is 270 g/mol. The van der Waals surface area contributed by atoms with Crippen molar-refractivity contribution in [1.82, 2.24) is 0 Å². The van der Waals surface area contributed by atoms with Gasteiger partial charge in [-0.3, -0.25) is 14.9 Å². The third-order valence-corrected chi connectivity index (χ3v) is 3.59. The van der Waals surface area contributed by atoms with Crippen molar-refractivity contribution < 1.29 is 9.72 Å². The molecule has 1 fully saturated rings. The van der Waals surface area contributed by atoms with E-state index in [0.717, 1.165) is 12.8 Å². The normalized spacial score (nSPS) is 22.2. The molecular formula is C12H14ClN3O3. The van der Waals surface area contributed by atoms with Crippen molar-refractivity contribution in [3.63, 3.8) is 0 Å². The molecule has 0 saturated heterocycles. The van der Waals surface area contributed by atoms with Crippen LogP contribution in [0, 0.1) is 16.0 Å². The van der Waals surface area contributed by atoms with Crippen molar-refractivity contribution >= 4 is 28.9 Å². The van der Waals surface area contributed by atoms with Gasteiger partial charge in [-0.05, 0) is 25.3 Å². The highest BCUT2D eigenvalue weighted by Crippen LogP contribution is 2.29. The van der Waals surface area contributed by atoms with Crippen molar-refractivity contribution in [3.05, 3.63) is 33.3 Å². The predicted octanol–water partition coefficient (Wildman–Crippen LogP) is 2.31. The number of hydrogen-bond acceptors (Lipinski definition) is 4. The second-order valence-electron chi connectivity index (χ2n) is 4.68. The number of hydrogen-bond donors (Lipinski definition) is 2. The summed E-state index contributed by atoms with van der Waals surface area (Å²) in [6, 6.07) is 4.00. The Bertz CT molecular complexity index is 521. The topological polar surface area (TPSA) is 98.3 Å². The number of nitrogens with one attached hydrogen (secondary N) is 1. The summed E-state index contributed by atoms with van der Waals surface area (Å²) in [6.45, 7) is 0. The van der Waals surface area contributed by atoms with Gasteiger partial charge in [0.2, 0.25) is 5.91 Å². The lowest BCUT2D eigenvalue weighted by Crippen LogP contribution is -2.23. The molecule has 1 aromatic rings. The smallest absolute Gasteiger partial charge is 0.271 e. The van der Waals surface area contributed by atoms with Gasteiger partial charge in [0.1, 0.15) is 0 Å². The number of nitro benzene ring substituents is 1. The van der Waals surface area contributed by atoms with Crippen LogP contribution in [-0.2, 0) is 4.79 Å². The number of benzene rings is 1. The standard InChI is InChI=1S/C12H14ClN3O3/c13-10-4-3-9(16(18)19)6-11(10)15-12(17)7-1-2-8(14)5-7/h3-4,6-8H,1-2,5,14H2,(H,15,17). The van der Waals surface area contributed by atoms with Gasteiger partial charge < -0.3 is 11.1 Å². The Morgan fingerprint density at radius 3 is 2.79 bits per heavy atom. The highest BCUT2D eigenvalue weighted by atomic mass is 35.5. The summed E-state index contributed by atoms with van der Waals surface area (Å²) >= 11 is 5.92. The summed E-state index contributed by atoms with van der Waals surface area (Å²) in [5, 5.41) is 13.6. The molecule has 1 aliphatic carbocycles. The molecule has 2 rings (SSSR count). The summed E-state index contributed by atoms with van der Waals surface area (Å²) < 4.78 is 0. The monoisotopic (exact) mass is 283 g/mol. The van der Waals surface area contributed by atoms with Crippen LogP contribution in [0.3, 0.4) is 0 Å². The average molecular weight is 284 g/mol. The minimum Gasteiger partial charge on any atom is -0.328 e. The lowest BCUT2D eigenvalue weighted by Gasteiger charge is -2.11. The predicted molar refractivity (Wildman–Crippen MR) is 72.1 cm³/mol.